The monoisotopic (exact) mass is 431 g/mol. The van der Waals surface area contributed by atoms with E-state index in [1.54, 1.807) is 45.0 Å². The highest BCUT2D eigenvalue weighted by molar-refractivity contribution is 6.30. The second-order valence-corrected chi connectivity index (χ2v) is 7.78. The summed E-state index contributed by atoms with van der Waals surface area (Å²) in [5.74, 6) is -2.97. The van der Waals surface area contributed by atoms with Crippen LogP contribution in [-0.2, 0) is 9.53 Å². The fourth-order valence-corrected chi connectivity index (χ4v) is 3.61. The molecule has 3 rings (SSSR count). The minimum Gasteiger partial charge on any atom is -0.505 e. The first-order valence-corrected chi connectivity index (χ1v) is 10.1. The Balaban J connectivity index is 2.20. The number of rotatable bonds is 5. The molecule has 0 bridgehead atoms. The second kappa shape index (κ2) is 8.48. The lowest BCUT2D eigenvalue weighted by molar-refractivity contribution is -0.149. The van der Waals surface area contributed by atoms with Gasteiger partial charge in [-0.05, 0) is 63.1 Å². The minimum absolute atomic E-state index is 0.254. The molecule has 5 nitrogen and oxygen atoms in total. The Hall–Kier alpha value is -2.86. The average molecular weight is 432 g/mol. The third-order valence-electron chi connectivity index (χ3n) is 5.29. The highest BCUT2D eigenvalue weighted by Gasteiger charge is 2.29. The highest BCUT2D eigenvalue weighted by Crippen LogP contribution is 2.36. The number of nitrogens with zero attached hydrogens (tertiary/aromatic N) is 1. The number of hydrogen-bond donors (Lipinski definition) is 1. The van der Waals surface area contributed by atoms with Crippen molar-refractivity contribution < 1.29 is 23.8 Å². The summed E-state index contributed by atoms with van der Waals surface area (Å²) >= 11 is 5.91. The average Bonchev–Trinajstić information content (AvgIpc) is 2.98. The Morgan fingerprint density at radius 3 is 2.43 bits per heavy atom. The van der Waals surface area contributed by atoms with Gasteiger partial charge in [0.2, 0.25) is 0 Å². The molecule has 0 saturated carbocycles. The maximum atomic E-state index is 14.2. The molecule has 0 radical (unpaired) electrons. The zero-order valence-electron chi connectivity index (χ0n) is 17.2. The molecular formula is C23H23ClFNO4. The molecule has 0 spiro atoms. The van der Waals surface area contributed by atoms with Crippen molar-refractivity contribution in [2.45, 2.75) is 46.1 Å². The predicted octanol–water partition coefficient (Wildman–Crippen LogP) is 5.58. The summed E-state index contributed by atoms with van der Waals surface area (Å²) in [6.07, 6.45) is 0.412. The van der Waals surface area contributed by atoms with Crippen LogP contribution in [0, 0.1) is 12.7 Å². The maximum absolute atomic E-state index is 14.2. The van der Waals surface area contributed by atoms with E-state index in [9.17, 15) is 19.1 Å². The van der Waals surface area contributed by atoms with Gasteiger partial charge in [-0.1, -0.05) is 18.5 Å². The van der Waals surface area contributed by atoms with Crippen molar-refractivity contribution in [3.05, 3.63) is 64.1 Å². The van der Waals surface area contributed by atoms with Crippen LogP contribution in [0.2, 0.25) is 5.02 Å². The number of fused-ring (bicyclic) bond motifs is 1. The van der Waals surface area contributed by atoms with E-state index in [0.29, 0.717) is 33.7 Å². The third kappa shape index (κ3) is 3.92. The second-order valence-electron chi connectivity index (χ2n) is 7.34. The predicted molar refractivity (Wildman–Crippen MR) is 114 cm³/mol. The number of phenols is 1. The number of aromatic nitrogens is 1. The molecule has 3 aromatic rings. The number of phenolic OH excluding ortho intramolecular Hbond substituents is 1. The molecule has 0 saturated heterocycles. The van der Waals surface area contributed by atoms with Crippen molar-refractivity contribution in [1.29, 1.82) is 0 Å². The molecule has 0 aliphatic rings. The molecule has 0 fully saturated rings. The lowest BCUT2D eigenvalue weighted by Crippen LogP contribution is -2.20. The van der Waals surface area contributed by atoms with E-state index in [4.69, 9.17) is 16.3 Å². The third-order valence-corrected chi connectivity index (χ3v) is 5.55. The van der Waals surface area contributed by atoms with E-state index in [1.165, 1.54) is 10.6 Å². The molecule has 1 unspecified atom stereocenters. The molecule has 0 amide bonds. The van der Waals surface area contributed by atoms with Gasteiger partial charge in [0.05, 0.1) is 17.5 Å². The number of carbonyl (C=O) groups is 2. The van der Waals surface area contributed by atoms with Crippen LogP contribution < -0.4 is 0 Å². The van der Waals surface area contributed by atoms with Crippen LogP contribution in [0.15, 0.2) is 36.4 Å². The largest absolute Gasteiger partial charge is 0.505 e. The van der Waals surface area contributed by atoms with Crippen molar-refractivity contribution in [2.24, 2.45) is 0 Å². The Labute approximate surface area is 179 Å². The fourth-order valence-electron chi connectivity index (χ4n) is 3.48. The van der Waals surface area contributed by atoms with Gasteiger partial charge in [-0.2, -0.15) is 0 Å². The Bertz CT molecular complexity index is 1120. The number of benzene rings is 2. The summed E-state index contributed by atoms with van der Waals surface area (Å²) in [7, 11) is 0. The van der Waals surface area contributed by atoms with Crippen LogP contribution in [0.5, 0.6) is 5.75 Å². The van der Waals surface area contributed by atoms with Crippen LogP contribution in [0.4, 0.5) is 4.39 Å². The number of carbonyl (C=O) groups excluding carboxylic acids is 2. The van der Waals surface area contributed by atoms with Gasteiger partial charge in [0.15, 0.2) is 11.6 Å². The van der Waals surface area contributed by atoms with Gasteiger partial charge in [0, 0.05) is 27.7 Å². The summed E-state index contributed by atoms with van der Waals surface area (Å²) in [6, 6.07) is 8.68. The molecule has 0 aliphatic carbocycles. The van der Waals surface area contributed by atoms with Gasteiger partial charge < -0.3 is 9.84 Å². The molecule has 2 atom stereocenters. The smallest absolute Gasteiger partial charge is 0.313 e. The van der Waals surface area contributed by atoms with Gasteiger partial charge in [0.25, 0.3) is 5.91 Å². The fraction of sp³-hybridized carbons (Fsp3) is 0.304. The van der Waals surface area contributed by atoms with Gasteiger partial charge >= 0.3 is 5.97 Å². The van der Waals surface area contributed by atoms with Gasteiger partial charge in [-0.3, -0.25) is 14.2 Å². The summed E-state index contributed by atoms with van der Waals surface area (Å²) in [5.41, 5.74) is 1.61. The Kier molecular flexibility index (Phi) is 6.17. The molecule has 1 N–H and O–H groups in total. The number of hydrogen-bond acceptors (Lipinski definition) is 4. The van der Waals surface area contributed by atoms with Crippen molar-refractivity contribution >= 4 is 34.4 Å². The number of aromatic hydroxyl groups is 1. The van der Waals surface area contributed by atoms with Crippen molar-refractivity contribution in [2.75, 3.05) is 0 Å². The molecule has 30 heavy (non-hydrogen) atoms. The lowest BCUT2D eigenvalue weighted by Gasteiger charge is -2.16. The van der Waals surface area contributed by atoms with Crippen LogP contribution >= 0.6 is 11.6 Å². The summed E-state index contributed by atoms with van der Waals surface area (Å²) < 4.78 is 21.0. The first kappa shape index (κ1) is 21.8. The standard InChI is InChI=1S/C23H23ClFNO4/c1-5-12(2)30-23(29)13(3)21-14(4)26(19-11-18(25)20(27)10-17(19)21)22(28)15-6-8-16(24)9-7-15/h6-13,27H,5H2,1-4H3/t12-,13?/m0/s1. The lowest BCUT2D eigenvalue weighted by atomic mass is 9.97. The van der Waals surface area contributed by atoms with Crippen molar-refractivity contribution in [3.63, 3.8) is 0 Å². The molecule has 1 aromatic heterocycles. The first-order valence-electron chi connectivity index (χ1n) is 9.69. The summed E-state index contributed by atoms with van der Waals surface area (Å²) in [5, 5.41) is 10.8. The first-order chi connectivity index (χ1) is 14.1. The highest BCUT2D eigenvalue weighted by atomic mass is 35.5. The maximum Gasteiger partial charge on any atom is 0.313 e. The Morgan fingerprint density at radius 2 is 1.83 bits per heavy atom. The molecule has 7 heteroatoms. The molecular weight excluding hydrogens is 409 g/mol. The van der Waals surface area contributed by atoms with Gasteiger partial charge in [-0.15, -0.1) is 0 Å². The summed E-state index contributed by atoms with van der Waals surface area (Å²) in [4.78, 5) is 25.9. The zero-order valence-corrected chi connectivity index (χ0v) is 18.0. The van der Waals surface area contributed by atoms with Gasteiger partial charge in [-0.25, -0.2) is 4.39 Å². The normalized spacial score (nSPS) is 13.3. The quantitative estimate of drug-likeness (QED) is 0.535. The SMILES string of the molecule is CC[C@H](C)OC(=O)C(C)c1c(C)n(C(=O)c2ccc(Cl)cc2)c2cc(F)c(O)cc12. The number of ether oxygens (including phenoxy) is 1. The van der Waals surface area contributed by atoms with E-state index in [-0.39, 0.29) is 11.6 Å². The Morgan fingerprint density at radius 1 is 1.20 bits per heavy atom. The molecule has 2 aromatic carbocycles. The number of esters is 1. The van der Waals surface area contributed by atoms with Crippen molar-refractivity contribution in [3.8, 4) is 5.75 Å². The molecule has 158 valence electrons. The van der Waals surface area contributed by atoms with Crippen LogP contribution in [0.1, 0.15) is 54.7 Å². The topological polar surface area (TPSA) is 68.5 Å². The zero-order chi connectivity index (χ0) is 22.2. The van der Waals surface area contributed by atoms with Crippen LogP contribution in [0.25, 0.3) is 10.9 Å². The van der Waals surface area contributed by atoms with E-state index in [1.807, 2.05) is 6.92 Å². The summed E-state index contributed by atoms with van der Waals surface area (Å²) in [6.45, 7) is 7.06. The van der Waals surface area contributed by atoms with E-state index >= 15 is 0 Å². The van der Waals surface area contributed by atoms with E-state index < -0.39 is 29.4 Å². The van der Waals surface area contributed by atoms with Crippen molar-refractivity contribution in [1.82, 2.24) is 4.57 Å². The van der Waals surface area contributed by atoms with E-state index in [2.05, 4.69) is 0 Å². The molecule has 0 aliphatic heterocycles. The minimum atomic E-state index is -0.855. The molecule has 1 heterocycles. The van der Waals surface area contributed by atoms with E-state index in [0.717, 1.165) is 6.07 Å². The van der Waals surface area contributed by atoms with Crippen LogP contribution in [-0.4, -0.2) is 27.7 Å². The van der Waals surface area contributed by atoms with Crippen LogP contribution in [0.3, 0.4) is 0 Å². The van der Waals surface area contributed by atoms with Gasteiger partial charge in [0.1, 0.15) is 0 Å². The number of halogens is 2.